The maximum absolute atomic E-state index is 12.7. The van der Waals surface area contributed by atoms with Crippen LogP contribution in [0.4, 0.5) is 11.5 Å². The van der Waals surface area contributed by atoms with Crippen molar-refractivity contribution in [1.82, 2.24) is 29.7 Å². The highest BCUT2D eigenvalue weighted by Gasteiger charge is 2.17. The van der Waals surface area contributed by atoms with Gasteiger partial charge in [0.05, 0.1) is 27.9 Å². The van der Waals surface area contributed by atoms with Crippen molar-refractivity contribution in [3.8, 4) is 5.69 Å². The molecule has 2 N–H and O–H groups in total. The van der Waals surface area contributed by atoms with E-state index in [1.165, 1.54) is 42.4 Å². The first kappa shape index (κ1) is 25.3. The van der Waals surface area contributed by atoms with Gasteiger partial charge in [0.1, 0.15) is 23.0 Å². The molecule has 0 aliphatic carbocycles. The number of rotatable bonds is 8. The van der Waals surface area contributed by atoms with Crippen molar-refractivity contribution in [2.45, 2.75) is 23.8 Å². The molecule has 0 saturated carbocycles. The van der Waals surface area contributed by atoms with Gasteiger partial charge in [-0.05, 0) is 50.2 Å². The van der Waals surface area contributed by atoms with E-state index < -0.39 is 10.0 Å². The standard InChI is InChI=1S/C25H22N8O3S2/c1-16-12-22(30-17(2)29-16)32-38(35,36)20-10-8-18(9-11-20)31-23(34)14-37-25-21-13-28-33(24(21)26-15-27-25)19-6-4-3-5-7-19/h3-13,15H,14H2,1-2H3,(H,31,34)(H,29,30,32). The lowest BCUT2D eigenvalue weighted by atomic mass is 10.3. The number of para-hydroxylation sites is 1. The van der Waals surface area contributed by atoms with E-state index in [1.807, 2.05) is 30.3 Å². The van der Waals surface area contributed by atoms with Crippen LogP contribution in [0, 0.1) is 13.8 Å². The number of nitrogens with zero attached hydrogens (tertiary/aromatic N) is 6. The summed E-state index contributed by atoms with van der Waals surface area (Å²) >= 11 is 1.26. The Kier molecular flexibility index (Phi) is 7.03. The smallest absolute Gasteiger partial charge is 0.263 e. The highest BCUT2D eigenvalue weighted by atomic mass is 32.2. The fourth-order valence-corrected chi connectivity index (χ4v) is 5.46. The first-order valence-corrected chi connectivity index (χ1v) is 13.9. The minimum absolute atomic E-state index is 0.0394. The quantitative estimate of drug-likeness (QED) is 0.219. The SMILES string of the molecule is Cc1cc(NS(=O)(=O)c2ccc(NC(=O)CSc3ncnc4c3cnn4-c3ccccc3)cc2)nc(C)n1. The molecule has 0 aliphatic rings. The molecule has 0 bridgehead atoms. The minimum atomic E-state index is -3.86. The van der Waals surface area contributed by atoms with Gasteiger partial charge in [0.25, 0.3) is 10.0 Å². The lowest BCUT2D eigenvalue weighted by molar-refractivity contribution is -0.113. The number of fused-ring (bicyclic) bond motifs is 1. The van der Waals surface area contributed by atoms with Crippen molar-refractivity contribution in [1.29, 1.82) is 0 Å². The summed E-state index contributed by atoms with van der Waals surface area (Å²) in [6.45, 7) is 3.44. The number of benzene rings is 2. The zero-order chi connectivity index (χ0) is 26.7. The predicted octanol–water partition coefficient (Wildman–Crippen LogP) is 3.75. The van der Waals surface area contributed by atoms with Gasteiger partial charge in [0.15, 0.2) is 5.65 Å². The fraction of sp³-hybridized carbons (Fsp3) is 0.120. The number of thioether (sulfide) groups is 1. The van der Waals surface area contributed by atoms with Crippen LogP contribution in [0.15, 0.2) is 83.1 Å². The number of hydrogen-bond donors (Lipinski definition) is 2. The van der Waals surface area contributed by atoms with Crippen molar-refractivity contribution in [3.05, 3.63) is 84.7 Å². The summed E-state index contributed by atoms with van der Waals surface area (Å²) in [6, 6.07) is 17.1. The molecule has 11 nitrogen and oxygen atoms in total. The minimum Gasteiger partial charge on any atom is -0.325 e. The van der Waals surface area contributed by atoms with Gasteiger partial charge in [0, 0.05) is 17.4 Å². The third kappa shape index (κ3) is 5.63. The van der Waals surface area contributed by atoms with E-state index in [1.54, 1.807) is 30.8 Å². The summed E-state index contributed by atoms with van der Waals surface area (Å²) in [7, 11) is -3.86. The highest BCUT2D eigenvalue weighted by molar-refractivity contribution is 8.00. The summed E-state index contributed by atoms with van der Waals surface area (Å²) < 4.78 is 29.6. The molecule has 0 spiro atoms. The molecule has 13 heteroatoms. The lowest BCUT2D eigenvalue weighted by Gasteiger charge is -2.10. The number of carbonyl (C=O) groups is 1. The molecule has 2 aromatic carbocycles. The number of amides is 1. The van der Waals surface area contributed by atoms with E-state index in [0.29, 0.717) is 27.9 Å². The van der Waals surface area contributed by atoms with Gasteiger partial charge in [-0.25, -0.2) is 33.0 Å². The Morgan fingerprint density at radius 2 is 1.76 bits per heavy atom. The number of sulfonamides is 1. The van der Waals surface area contributed by atoms with Crippen LogP contribution in [-0.2, 0) is 14.8 Å². The highest BCUT2D eigenvalue weighted by Crippen LogP contribution is 2.26. The van der Waals surface area contributed by atoms with Crippen molar-refractivity contribution < 1.29 is 13.2 Å². The van der Waals surface area contributed by atoms with Crippen LogP contribution in [0.5, 0.6) is 0 Å². The Bertz CT molecular complexity index is 1700. The van der Waals surface area contributed by atoms with Crippen molar-refractivity contribution in [3.63, 3.8) is 0 Å². The third-order valence-corrected chi connectivity index (χ3v) is 7.70. The number of nitrogens with one attached hydrogen (secondary N) is 2. The van der Waals surface area contributed by atoms with E-state index in [9.17, 15) is 13.2 Å². The normalized spacial score (nSPS) is 11.4. The van der Waals surface area contributed by atoms with Gasteiger partial charge >= 0.3 is 0 Å². The number of aromatic nitrogens is 6. The molecule has 192 valence electrons. The molecule has 3 aromatic heterocycles. The fourth-order valence-electron chi connectivity index (χ4n) is 3.71. The number of hydrogen-bond acceptors (Lipinski definition) is 9. The van der Waals surface area contributed by atoms with E-state index in [4.69, 9.17) is 0 Å². The summed E-state index contributed by atoms with van der Waals surface area (Å²) in [5.74, 6) is 0.484. The van der Waals surface area contributed by atoms with Crippen molar-refractivity contribution in [2.24, 2.45) is 0 Å². The average Bonchev–Trinajstić information content (AvgIpc) is 3.32. The van der Waals surface area contributed by atoms with Crippen LogP contribution in [-0.4, -0.2) is 49.8 Å². The lowest BCUT2D eigenvalue weighted by Crippen LogP contribution is -2.16. The number of aryl methyl sites for hydroxylation is 2. The molecule has 5 aromatic rings. The average molecular weight is 547 g/mol. The zero-order valence-electron chi connectivity index (χ0n) is 20.4. The van der Waals surface area contributed by atoms with Gasteiger partial charge in [-0.3, -0.25) is 9.52 Å². The topological polar surface area (TPSA) is 145 Å². The van der Waals surface area contributed by atoms with Crippen molar-refractivity contribution in [2.75, 3.05) is 15.8 Å². The van der Waals surface area contributed by atoms with Gasteiger partial charge < -0.3 is 5.32 Å². The first-order chi connectivity index (χ1) is 18.3. The second kappa shape index (κ2) is 10.6. The van der Waals surface area contributed by atoms with Gasteiger partial charge in [-0.15, -0.1) is 0 Å². The van der Waals surface area contributed by atoms with E-state index in [2.05, 4.69) is 35.1 Å². The Balaban J connectivity index is 1.23. The molecule has 0 unspecified atom stereocenters. The van der Waals surface area contributed by atoms with Crippen LogP contribution in [0.1, 0.15) is 11.5 Å². The maximum atomic E-state index is 12.7. The Morgan fingerprint density at radius 3 is 2.50 bits per heavy atom. The summed E-state index contributed by atoms with van der Waals surface area (Å²) in [5, 5.41) is 8.57. The van der Waals surface area contributed by atoms with Crippen molar-refractivity contribution >= 4 is 50.2 Å². The molecule has 3 heterocycles. The Hall–Kier alpha value is -4.36. The van der Waals surface area contributed by atoms with Crippen LogP contribution in [0.25, 0.3) is 16.7 Å². The van der Waals surface area contributed by atoms with Gasteiger partial charge in [-0.1, -0.05) is 30.0 Å². The predicted molar refractivity (Wildman–Crippen MR) is 145 cm³/mol. The monoisotopic (exact) mass is 546 g/mol. The van der Waals surface area contributed by atoms with Crippen LogP contribution < -0.4 is 10.0 Å². The molecule has 0 aliphatic heterocycles. The maximum Gasteiger partial charge on any atom is 0.263 e. The Labute approximate surface area is 222 Å². The summed E-state index contributed by atoms with van der Waals surface area (Å²) in [4.78, 5) is 29.5. The number of carbonyl (C=O) groups excluding carboxylic acids is 1. The molecular formula is C25H22N8O3S2. The van der Waals surface area contributed by atoms with E-state index >= 15 is 0 Å². The van der Waals surface area contributed by atoms with Crippen LogP contribution in [0.2, 0.25) is 0 Å². The van der Waals surface area contributed by atoms with E-state index in [0.717, 1.165) is 11.1 Å². The molecule has 1 amide bonds. The van der Waals surface area contributed by atoms with Crippen LogP contribution >= 0.6 is 11.8 Å². The molecule has 5 rings (SSSR count). The number of anilines is 2. The summed E-state index contributed by atoms with van der Waals surface area (Å²) in [6.07, 6.45) is 3.13. The van der Waals surface area contributed by atoms with Gasteiger partial charge in [0.2, 0.25) is 5.91 Å². The molecule has 0 atom stereocenters. The molecule has 0 saturated heterocycles. The molecular weight excluding hydrogens is 524 g/mol. The third-order valence-electron chi connectivity index (χ3n) is 5.32. The zero-order valence-corrected chi connectivity index (χ0v) is 22.0. The van der Waals surface area contributed by atoms with Gasteiger partial charge in [-0.2, -0.15) is 5.10 Å². The molecule has 38 heavy (non-hydrogen) atoms. The molecule has 0 radical (unpaired) electrons. The molecule has 0 fully saturated rings. The largest absolute Gasteiger partial charge is 0.325 e. The second-order valence-electron chi connectivity index (χ2n) is 8.22. The van der Waals surface area contributed by atoms with Crippen LogP contribution in [0.3, 0.4) is 0 Å². The second-order valence-corrected chi connectivity index (χ2v) is 10.9. The first-order valence-electron chi connectivity index (χ1n) is 11.4. The Morgan fingerprint density at radius 1 is 1.00 bits per heavy atom. The summed E-state index contributed by atoms with van der Waals surface area (Å²) in [5.41, 5.74) is 2.64. The van der Waals surface area contributed by atoms with E-state index in [-0.39, 0.29) is 22.4 Å².